The Balaban J connectivity index is 2.06. The van der Waals surface area contributed by atoms with Crippen LogP contribution in [0.4, 0.5) is 10.5 Å². The molecule has 1 fully saturated rings. The number of carboxylic acid groups (broad SMARTS) is 1. The smallest absolute Gasteiger partial charge is 0.326 e. The van der Waals surface area contributed by atoms with Crippen molar-refractivity contribution in [3.8, 4) is 0 Å². The second kappa shape index (κ2) is 6.80. The number of nitrogens with one attached hydrogen (secondary N) is 1. The van der Waals surface area contributed by atoms with E-state index in [0.717, 1.165) is 12.8 Å². The fraction of sp³-hybridized carbons (Fsp3) is 0.467. The van der Waals surface area contributed by atoms with Crippen LogP contribution in [0.15, 0.2) is 24.3 Å². The number of halogens is 1. The zero-order chi connectivity index (χ0) is 15.4. The first kappa shape index (κ1) is 15.6. The third-order valence-electron chi connectivity index (χ3n) is 3.93. The first-order chi connectivity index (χ1) is 10.0. The summed E-state index contributed by atoms with van der Waals surface area (Å²) >= 11 is 5.79. The van der Waals surface area contributed by atoms with Crippen molar-refractivity contribution in [2.24, 2.45) is 5.92 Å². The molecule has 1 aromatic carbocycles. The number of piperidine rings is 1. The van der Waals surface area contributed by atoms with Crippen molar-refractivity contribution in [1.29, 1.82) is 0 Å². The van der Waals surface area contributed by atoms with Crippen LogP contribution in [0.25, 0.3) is 0 Å². The summed E-state index contributed by atoms with van der Waals surface area (Å²) in [6.45, 7) is 2.52. The maximum atomic E-state index is 12.3. The van der Waals surface area contributed by atoms with Crippen molar-refractivity contribution >= 4 is 29.3 Å². The summed E-state index contributed by atoms with van der Waals surface area (Å²) in [4.78, 5) is 25.1. The minimum Gasteiger partial charge on any atom is -0.480 e. The maximum absolute atomic E-state index is 12.3. The molecule has 1 aliphatic rings. The Morgan fingerprint density at radius 2 is 2.05 bits per heavy atom. The van der Waals surface area contributed by atoms with Crippen LogP contribution in [0, 0.1) is 5.92 Å². The lowest BCUT2D eigenvalue weighted by Gasteiger charge is -2.36. The molecule has 2 amide bonds. The molecule has 0 aromatic heterocycles. The van der Waals surface area contributed by atoms with Crippen LogP contribution in [0.2, 0.25) is 5.02 Å². The van der Waals surface area contributed by atoms with E-state index >= 15 is 0 Å². The molecule has 114 valence electrons. The molecule has 0 spiro atoms. The van der Waals surface area contributed by atoms with E-state index < -0.39 is 12.0 Å². The first-order valence-corrected chi connectivity index (χ1v) is 7.45. The quantitative estimate of drug-likeness (QED) is 0.898. The highest BCUT2D eigenvalue weighted by Crippen LogP contribution is 2.26. The standard InChI is InChI=1S/C15H19ClN2O3/c1-2-10-7-8-18(13(9-10)14(19)20)15(21)17-12-5-3-11(16)4-6-12/h3-6,10,13H,2,7-9H2,1H3,(H,17,21)(H,19,20). The molecule has 5 nitrogen and oxygen atoms in total. The number of benzene rings is 1. The van der Waals surface area contributed by atoms with Gasteiger partial charge < -0.3 is 15.3 Å². The molecule has 1 aliphatic heterocycles. The number of aliphatic carboxylic acids is 1. The molecule has 1 heterocycles. The molecule has 2 unspecified atom stereocenters. The summed E-state index contributed by atoms with van der Waals surface area (Å²) in [6.07, 6.45) is 2.30. The van der Waals surface area contributed by atoms with Gasteiger partial charge in [0, 0.05) is 17.3 Å². The van der Waals surface area contributed by atoms with Crippen LogP contribution in [0.3, 0.4) is 0 Å². The highest BCUT2D eigenvalue weighted by Gasteiger charge is 2.35. The molecule has 0 saturated carbocycles. The van der Waals surface area contributed by atoms with E-state index in [1.54, 1.807) is 24.3 Å². The SMILES string of the molecule is CCC1CCN(C(=O)Nc2ccc(Cl)cc2)C(C(=O)O)C1. The van der Waals surface area contributed by atoms with Crippen molar-refractivity contribution in [1.82, 2.24) is 4.90 Å². The fourth-order valence-corrected chi connectivity index (χ4v) is 2.74. The van der Waals surface area contributed by atoms with E-state index in [1.165, 1.54) is 4.90 Å². The number of likely N-dealkylation sites (tertiary alicyclic amines) is 1. The summed E-state index contributed by atoms with van der Waals surface area (Å²) in [7, 11) is 0. The van der Waals surface area contributed by atoms with Crippen molar-refractivity contribution in [2.45, 2.75) is 32.2 Å². The summed E-state index contributed by atoms with van der Waals surface area (Å²) in [5.41, 5.74) is 0.603. The second-order valence-electron chi connectivity index (χ2n) is 5.28. The molecular weight excluding hydrogens is 292 g/mol. The Hall–Kier alpha value is -1.75. The number of carbonyl (C=O) groups excluding carboxylic acids is 1. The number of anilines is 1. The summed E-state index contributed by atoms with van der Waals surface area (Å²) in [6, 6.07) is 5.60. The van der Waals surface area contributed by atoms with Gasteiger partial charge in [-0.25, -0.2) is 9.59 Å². The van der Waals surface area contributed by atoms with E-state index in [9.17, 15) is 14.7 Å². The van der Waals surface area contributed by atoms with Gasteiger partial charge in [-0.1, -0.05) is 24.9 Å². The van der Waals surface area contributed by atoms with Crippen LogP contribution < -0.4 is 5.32 Å². The van der Waals surface area contributed by atoms with Gasteiger partial charge >= 0.3 is 12.0 Å². The van der Waals surface area contributed by atoms with Gasteiger partial charge in [0.15, 0.2) is 0 Å². The lowest BCUT2D eigenvalue weighted by molar-refractivity contribution is -0.143. The molecule has 2 rings (SSSR count). The Morgan fingerprint density at radius 3 is 2.62 bits per heavy atom. The molecular formula is C15H19ClN2O3. The maximum Gasteiger partial charge on any atom is 0.326 e. The van der Waals surface area contributed by atoms with Crippen molar-refractivity contribution < 1.29 is 14.7 Å². The van der Waals surface area contributed by atoms with E-state index in [1.807, 2.05) is 6.92 Å². The van der Waals surface area contributed by atoms with Crippen LogP contribution in [0.1, 0.15) is 26.2 Å². The average molecular weight is 311 g/mol. The molecule has 0 aliphatic carbocycles. The monoisotopic (exact) mass is 310 g/mol. The van der Waals surface area contributed by atoms with Crippen molar-refractivity contribution in [2.75, 3.05) is 11.9 Å². The fourth-order valence-electron chi connectivity index (χ4n) is 2.61. The van der Waals surface area contributed by atoms with E-state index in [-0.39, 0.29) is 6.03 Å². The van der Waals surface area contributed by atoms with Gasteiger partial charge in [0.25, 0.3) is 0 Å². The summed E-state index contributed by atoms with van der Waals surface area (Å²) < 4.78 is 0. The third kappa shape index (κ3) is 3.88. The first-order valence-electron chi connectivity index (χ1n) is 7.07. The number of carbonyl (C=O) groups is 2. The predicted molar refractivity (Wildman–Crippen MR) is 81.6 cm³/mol. The van der Waals surface area contributed by atoms with Gasteiger partial charge in [0.05, 0.1) is 0 Å². The number of hydrogen-bond acceptors (Lipinski definition) is 2. The number of carboxylic acids is 1. The van der Waals surface area contributed by atoms with Gasteiger partial charge in [-0.05, 0) is 43.0 Å². The van der Waals surface area contributed by atoms with Crippen molar-refractivity contribution in [3.05, 3.63) is 29.3 Å². The van der Waals surface area contributed by atoms with Gasteiger partial charge in [-0.2, -0.15) is 0 Å². The number of nitrogens with zero attached hydrogens (tertiary/aromatic N) is 1. The molecule has 1 aromatic rings. The van der Waals surface area contributed by atoms with Gasteiger partial charge in [-0.3, -0.25) is 0 Å². The number of rotatable bonds is 3. The van der Waals surface area contributed by atoms with Gasteiger partial charge in [0.1, 0.15) is 6.04 Å². The zero-order valence-corrected chi connectivity index (χ0v) is 12.6. The van der Waals surface area contributed by atoms with E-state index in [4.69, 9.17) is 11.6 Å². The minimum atomic E-state index is -0.945. The third-order valence-corrected chi connectivity index (χ3v) is 4.18. The molecule has 0 bridgehead atoms. The largest absolute Gasteiger partial charge is 0.480 e. The van der Waals surface area contributed by atoms with Crippen LogP contribution in [0.5, 0.6) is 0 Å². The van der Waals surface area contributed by atoms with Crippen LogP contribution in [-0.2, 0) is 4.79 Å². The highest BCUT2D eigenvalue weighted by atomic mass is 35.5. The topological polar surface area (TPSA) is 69.6 Å². The Kier molecular flexibility index (Phi) is 5.07. The van der Waals surface area contributed by atoms with Crippen LogP contribution in [-0.4, -0.2) is 34.6 Å². The second-order valence-corrected chi connectivity index (χ2v) is 5.72. The number of amides is 2. The molecule has 2 N–H and O–H groups in total. The number of urea groups is 1. The highest BCUT2D eigenvalue weighted by molar-refractivity contribution is 6.30. The van der Waals surface area contributed by atoms with Crippen molar-refractivity contribution in [3.63, 3.8) is 0 Å². The Morgan fingerprint density at radius 1 is 1.38 bits per heavy atom. The molecule has 0 radical (unpaired) electrons. The average Bonchev–Trinajstić information content (AvgIpc) is 2.48. The summed E-state index contributed by atoms with van der Waals surface area (Å²) in [5, 5.41) is 12.6. The normalized spacial score (nSPS) is 21.9. The molecule has 21 heavy (non-hydrogen) atoms. The van der Waals surface area contributed by atoms with E-state index in [0.29, 0.717) is 29.6 Å². The van der Waals surface area contributed by atoms with E-state index in [2.05, 4.69) is 5.32 Å². The molecule has 1 saturated heterocycles. The zero-order valence-electron chi connectivity index (χ0n) is 11.9. The summed E-state index contributed by atoms with van der Waals surface area (Å²) in [5.74, 6) is -0.579. The predicted octanol–water partition coefficient (Wildman–Crippen LogP) is 3.45. The van der Waals surface area contributed by atoms with Crippen LogP contribution >= 0.6 is 11.6 Å². The lowest BCUT2D eigenvalue weighted by atomic mass is 9.89. The molecule has 2 atom stereocenters. The minimum absolute atomic E-state index is 0.366. The Labute approximate surface area is 128 Å². The number of hydrogen-bond donors (Lipinski definition) is 2. The van der Waals surface area contributed by atoms with Gasteiger partial charge in [-0.15, -0.1) is 0 Å². The lowest BCUT2D eigenvalue weighted by Crippen LogP contribution is -2.51. The van der Waals surface area contributed by atoms with Gasteiger partial charge in [0.2, 0.25) is 0 Å². The molecule has 6 heteroatoms. The Bertz CT molecular complexity index is 518.